The number of aromatic hydroxyl groups is 1. The fourth-order valence-corrected chi connectivity index (χ4v) is 0.996. The number of hydrogen-bond acceptors (Lipinski definition) is 5. The van der Waals surface area contributed by atoms with Crippen LogP contribution in [0.4, 0.5) is 14.6 Å². The second-order valence-corrected chi connectivity index (χ2v) is 2.69. The van der Waals surface area contributed by atoms with E-state index >= 15 is 0 Å². The van der Waals surface area contributed by atoms with Crippen molar-refractivity contribution >= 4 is 11.7 Å². The first-order valence-corrected chi connectivity index (χ1v) is 3.80. The Morgan fingerprint density at radius 2 is 2.19 bits per heavy atom. The second kappa shape index (κ2) is 4.04. The van der Waals surface area contributed by atoms with Gasteiger partial charge in [-0.25, -0.2) is 8.78 Å². The molecule has 0 aromatic carbocycles. The van der Waals surface area contributed by atoms with Gasteiger partial charge in [-0.15, -0.1) is 0 Å². The molecule has 16 heavy (non-hydrogen) atoms. The third-order valence-corrected chi connectivity index (χ3v) is 1.65. The number of carbonyl (C=O) groups is 1. The molecule has 7 nitrogen and oxygen atoms in total. The summed E-state index contributed by atoms with van der Waals surface area (Å²) >= 11 is 0. The number of nitro groups is 1. The van der Waals surface area contributed by atoms with E-state index in [0.717, 1.165) is 0 Å². The third-order valence-electron chi connectivity index (χ3n) is 1.65. The topological polar surface area (TPSA) is 119 Å². The molecule has 0 unspecified atom stereocenters. The van der Waals surface area contributed by atoms with Crippen LogP contribution in [0.3, 0.4) is 0 Å². The Balaban J connectivity index is 3.49. The molecule has 1 rings (SSSR count). The highest BCUT2D eigenvalue weighted by Crippen LogP contribution is 2.31. The van der Waals surface area contributed by atoms with Crippen LogP contribution in [0.2, 0.25) is 0 Å². The van der Waals surface area contributed by atoms with E-state index in [1.165, 1.54) is 0 Å². The molecule has 0 atom stereocenters. The van der Waals surface area contributed by atoms with Crippen LogP contribution in [0.1, 0.15) is 22.5 Å². The normalized spacial score (nSPS) is 10.4. The maximum absolute atomic E-state index is 12.3. The number of carbonyl (C=O) groups excluding carboxylic acids is 1. The lowest BCUT2D eigenvalue weighted by atomic mass is 10.2. The summed E-state index contributed by atoms with van der Waals surface area (Å²) in [4.78, 5) is 22.9. The summed E-state index contributed by atoms with van der Waals surface area (Å²) in [5, 5.41) is 19.5. The van der Waals surface area contributed by atoms with Crippen molar-refractivity contribution in [2.45, 2.75) is 6.43 Å². The SMILES string of the molecule is NC(=O)c1nc([N+](=O)[O-])c(C(F)F)cc1O. The first-order chi connectivity index (χ1) is 7.34. The zero-order valence-corrected chi connectivity index (χ0v) is 7.55. The van der Waals surface area contributed by atoms with Crippen molar-refractivity contribution in [3.8, 4) is 5.75 Å². The molecule has 0 radical (unpaired) electrons. The minimum Gasteiger partial charge on any atom is -0.504 e. The number of halogens is 2. The van der Waals surface area contributed by atoms with E-state index in [0.29, 0.717) is 6.07 Å². The predicted molar refractivity (Wildman–Crippen MR) is 46.0 cm³/mol. The molecular weight excluding hydrogens is 228 g/mol. The quantitative estimate of drug-likeness (QED) is 0.589. The molecule has 0 fully saturated rings. The van der Waals surface area contributed by atoms with Gasteiger partial charge in [0.2, 0.25) is 0 Å². The zero-order chi connectivity index (χ0) is 12.5. The Kier molecular flexibility index (Phi) is 2.97. The minimum absolute atomic E-state index is 0.399. The van der Waals surface area contributed by atoms with Gasteiger partial charge >= 0.3 is 5.82 Å². The number of pyridine rings is 1. The molecule has 0 aliphatic carbocycles. The largest absolute Gasteiger partial charge is 0.504 e. The predicted octanol–water partition coefficient (Wildman–Crippen LogP) is 0.732. The summed E-state index contributed by atoms with van der Waals surface area (Å²) < 4.78 is 24.7. The van der Waals surface area contributed by atoms with Crippen molar-refractivity contribution in [1.82, 2.24) is 4.98 Å². The van der Waals surface area contributed by atoms with E-state index in [-0.39, 0.29) is 0 Å². The zero-order valence-electron chi connectivity index (χ0n) is 7.55. The van der Waals surface area contributed by atoms with Crippen molar-refractivity contribution in [3.05, 3.63) is 27.4 Å². The number of aromatic nitrogens is 1. The van der Waals surface area contributed by atoms with Crippen LogP contribution in [0, 0.1) is 10.1 Å². The molecule has 1 aromatic heterocycles. The summed E-state index contributed by atoms with van der Waals surface area (Å²) in [5.41, 5.74) is 2.84. The Labute approximate surface area is 86.7 Å². The van der Waals surface area contributed by atoms with Gasteiger partial charge in [0, 0.05) is 6.07 Å². The highest BCUT2D eigenvalue weighted by molar-refractivity contribution is 5.93. The van der Waals surface area contributed by atoms with Crippen molar-refractivity contribution < 1.29 is 23.6 Å². The van der Waals surface area contributed by atoms with Crippen LogP contribution in [0.25, 0.3) is 0 Å². The number of hydrogen-bond donors (Lipinski definition) is 2. The Morgan fingerprint density at radius 1 is 1.62 bits per heavy atom. The molecule has 0 aliphatic heterocycles. The lowest BCUT2D eigenvalue weighted by molar-refractivity contribution is -0.391. The molecule has 0 saturated heterocycles. The Morgan fingerprint density at radius 3 is 2.56 bits per heavy atom. The Hall–Kier alpha value is -2.32. The molecule has 3 N–H and O–H groups in total. The van der Waals surface area contributed by atoms with Gasteiger partial charge in [0.25, 0.3) is 18.0 Å². The van der Waals surface area contributed by atoms with Crippen molar-refractivity contribution in [3.63, 3.8) is 0 Å². The lowest BCUT2D eigenvalue weighted by Crippen LogP contribution is -2.15. The molecule has 1 aromatic rings. The summed E-state index contributed by atoms with van der Waals surface area (Å²) in [6.07, 6.45) is -3.19. The van der Waals surface area contributed by atoms with E-state index in [1.807, 2.05) is 0 Å². The van der Waals surface area contributed by atoms with E-state index < -0.39 is 40.1 Å². The minimum atomic E-state index is -3.19. The maximum atomic E-state index is 12.3. The van der Waals surface area contributed by atoms with Crippen molar-refractivity contribution in [1.29, 1.82) is 0 Å². The second-order valence-electron chi connectivity index (χ2n) is 2.69. The lowest BCUT2D eigenvalue weighted by Gasteiger charge is -2.03. The van der Waals surface area contributed by atoms with Crippen LogP contribution < -0.4 is 5.73 Å². The average molecular weight is 233 g/mol. The van der Waals surface area contributed by atoms with Gasteiger partial charge in [-0.3, -0.25) is 4.79 Å². The number of alkyl halides is 2. The highest BCUT2D eigenvalue weighted by atomic mass is 19.3. The summed E-state index contributed by atoms with van der Waals surface area (Å²) in [5.74, 6) is -3.38. The van der Waals surface area contributed by atoms with Crippen LogP contribution in [-0.4, -0.2) is 20.9 Å². The van der Waals surface area contributed by atoms with E-state index in [2.05, 4.69) is 4.98 Å². The van der Waals surface area contributed by atoms with E-state index in [4.69, 9.17) is 10.8 Å². The number of rotatable bonds is 3. The van der Waals surface area contributed by atoms with Gasteiger partial charge in [0.1, 0.15) is 5.56 Å². The third kappa shape index (κ3) is 2.02. The summed E-state index contributed by atoms with van der Waals surface area (Å²) in [6.45, 7) is 0. The molecule has 86 valence electrons. The van der Waals surface area contributed by atoms with Gasteiger partial charge in [0.15, 0.2) is 5.75 Å². The molecule has 1 heterocycles. The van der Waals surface area contributed by atoms with Crippen molar-refractivity contribution in [2.24, 2.45) is 5.73 Å². The molecule has 0 spiro atoms. The molecule has 0 aliphatic rings. The van der Waals surface area contributed by atoms with Crippen LogP contribution in [-0.2, 0) is 0 Å². The molecule has 0 bridgehead atoms. The molecular formula is C7H5F2N3O4. The number of primary amides is 1. The van der Waals surface area contributed by atoms with Gasteiger partial charge in [-0.1, -0.05) is 0 Å². The maximum Gasteiger partial charge on any atom is 0.373 e. The Bertz CT molecular complexity index is 463. The molecule has 0 saturated carbocycles. The monoisotopic (exact) mass is 233 g/mol. The number of amides is 1. The average Bonchev–Trinajstić information content (AvgIpc) is 2.15. The van der Waals surface area contributed by atoms with Gasteiger partial charge < -0.3 is 21.0 Å². The van der Waals surface area contributed by atoms with Gasteiger partial charge in [-0.2, -0.15) is 0 Å². The van der Waals surface area contributed by atoms with Crippen LogP contribution >= 0.6 is 0 Å². The summed E-state index contributed by atoms with van der Waals surface area (Å²) in [7, 11) is 0. The first-order valence-electron chi connectivity index (χ1n) is 3.80. The van der Waals surface area contributed by atoms with Gasteiger partial charge in [0.05, 0.1) is 0 Å². The molecule has 9 heteroatoms. The fourth-order valence-electron chi connectivity index (χ4n) is 0.996. The first kappa shape index (κ1) is 11.8. The van der Waals surface area contributed by atoms with E-state index in [1.54, 1.807) is 0 Å². The molecule has 1 amide bonds. The van der Waals surface area contributed by atoms with Crippen molar-refractivity contribution in [2.75, 3.05) is 0 Å². The van der Waals surface area contributed by atoms with E-state index in [9.17, 15) is 23.7 Å². The fraction of sp³-hybridized carbons (Fsp3) is 0.143. The smallest absolute Gasteiger partial charge is 0.373 e. The number of nitrogens with zero attached hydrogens (tertiary/aromatic N) is 2. The van der Waals surface area contributed by atoms with Crippen LogP contribution in [0.15, 0.2) is 6.07 Å². The highest BCUT2D eigenvalue weighted by Gasteiger charge is 2.29. The number of nitrogens with two attached hydrogens (primary N) is 1. The standard InChI is InChI=1S/C7H5F2N3O4/c8-5(9)2-1-3(13)4(6(10)14)11-7(2)12(15)16/h1,5,13H,(H2,10,14). The van der Waals surface area contributed by atoms with Crippen LogP contribution in [0.5, 0.6) is 5.75 Å². The summed E-state index contributed by atoms with van der Waals surface area (Å²) in [6, 6.07) is 0.399. The van der Waals surface area contributed by atoms with Gasteiger partial charge in [-0.05, 0) is 9.91 Å².